The lowest BCUT2D eigenvalue weighted by Gasteiger charge is -2.35. The van der Waals surface area contributed by atoms with Gasteiger partial charge >= 0.3 is 0 Å². The Labute approximate surface area is 99.8 Å². The number of anilines is 1. The van der Waals surface area contributed by atoms with E-state index in [0.717, 1.165) is 0 Å². The van der Waals surface area contributed by atoms with Crippen LogP contribution in [-0.2, 0) is 10.5 Å². The number of likely N-dealkylation sites (tertiary alicyclic amines) is 1. The number of amides is 1. The summed E-state index contributed by atoms with van der Waals surface area (Å²) in [5.74, 6) is 0.328. The Morgan fingerprint density at radius 3 is 2.88 bits per heavy atom. The van der Waals surface area contributed by atoms with E-state index in [1.54, 1.807) is 18.3 Å². The first-order valence-corrected chi connectivity index (χ1v) is 5.69. The summed E-state index contributed by atoms with van der Waals surface area (Å²) in [5.41, 5.74) is -0.897. The molecule has 92 valence electrons. The quantitative estimate of drug-likeness (QED) is 0.811. The second-order valence-corrected chi connectivity index (χ2v) is 4.43. The summed E-state index contributed by atoms with van der Waals surface area (Å²) in [7, 11) is 1.98. The number of halogens is 1. The molecule has 5 heteroatoms. The minimum atomic E-state index is -1.38. The largest absolute Gasteiger partial charge is 0.313 e. The number of hydrogen-bond acceptors (Lipinski definition) is 3. The number of carbonyl (C=O) groups is 1. The summed E-state index contributed by atoms with van der Waals surface area (Å²) in [4.78, 5) is 16.6. The van der Waals surface area contributed by atoms with Gasteiger partial charge in [0.25, 0.3) is 0 Å². The van der Waals surface area contributed by atoms with E-state index in [1.165, 1.54) is 0 Å². The number of nitrogens with zero attached hydrogens (tertiary/aromatic N) is 2. The van der Waals surface area contributed by atoms with Gasteiger partial charge in [-0.15, -0.1) is 0 Å². The number of pyridine rings is 1. The van der Waals surface area contributed by atoms with Crippen LogP contribution in [0.4, 0.5) is 10.2 Å². The second kappa shape index (κ2) is 4.79. The Balaban J connectivity index is 2.29. The van der Waals surface area contributed by atoms with Gasteiger partial charge in [-0.2, -0.15) is 0 Å². The molecule has 0 atom stereocenters. The highest BCUT2D eigenvalue weighted by molar-refractivity contribution is 5.71. The van der Waals surface area contributed by atoms with Crippen molar-refractivity contribution in [2.24, 2.45) is 0 Å². The molecule has 2 rings (SSSR count). The molecule has 1 aromatic heterocycles. The predicted molar refractivity (Wildman–Crippen MR) is 63.4 cm³/mol. The summed E-state index contributed by atoms with van der Waals surface area (Å²) < 4.78 is 14.8. The summed E-state index contributed by atoms with van der Waals surface area (Å²) in [6.07, 6.45) is 2.95. The third-order valence-electron chi connectivity index (χ3n) is 3.27. The minimum Gasteiger partial charge on any atom is -0.313 e. The first-order chi connectivity index (χ1) is 8.15. The van der Waals surface area contributed by atoms with Crippen molar-refractivity contribution in [3.05, 3.63) is 23.9 Å². The summed E-state index contributed by atoms with van der Waals surface area (Å²) >= 11 is 0. The molecule has 1 fully saturated rings. The molecule has 0 unspecified atom stereocenters. The fraction of sp³-hybridized carbons (Fsp3) is 0.500. The lowest BCUT2D eigenvalue weighted by atomic mass is 9.86. The SMILES string of the molecule is CN1CCC(F)(c2cccnc2NC=O)CC1. The van der Waals surface area contributed by atoms with E-state index in [0.29, 0.717) is 43.7 Å². The van der Waals surface area contributed by atoms with Crippen LogP contribution in [0.15, 0.2) is 18.3 Å². The van der Waals surface area contributed by atoms with Gasteiger partial charge in [0, 0.05) is 24.8 Å². The van der Waals surface area contributed by atoms with Crippen molar-refractivity contribution in [3.63, 3.8) is 0 Å². The predicted octanol–water partition coefficient (Wildman–Crippen LogP) is 1.54. The zero-order valence-corrected chi connectivity index (χ0v) is 9.82. The van der Waals surface area contributed by atoms with Crippen molar-refractivity contribution < 1.29 is 9.18 Å². The molecule has 1 aliphatic heterocycles. The topological polar surface area (TPSA) is 45.2 Å². The molecular formula is C12H16FN3O. The molecule has 4 nitrogen and oxygen atoms in total. The normalized spacial score (nSPS) is 19.9. The number of carbonyl (C=O) groups excluding carboxylic acids is 1. The summed E-state index contributed by atoms with van der Waals surface area (Å²) in [6.45, 7) is 1.43. The van der Waals surface area contributed by atoms with Crippen LogP contribution in [0.1, 0.15) is 18.4 Å². The molecular weight excluding hydrogens is 221 g/mol. The number of aromatic nitrogens is 1. The molecule has 0 spiro atoms. The van der Waals surface area contributed by atoms with Gasteiger partial charge in [0.05, 0.1) is 0 Å². The van der Waals surface area contributed by atoms with Crippen LogP contribution in [0.5, 0.6) is 0 Å². The van der Waals surface area contributed by atoms with Gasteiger partial charge in [0.2, 0.25) is 6.41 Å². The van der Waals surface area contributed by atoms with Crippen molar-refractivity contribution in [1.29, 1.82) is 0 Å². The standard InChI is InChI=1S/C12H16FN3O/c1-16-7-4-12(13,5-8-16)10-3-2-6-14-11(10)15-9-17/h2-3,6,9H,4-5,7-8H2,1H3,(H,14,15,17). The van der Waals surface area contributed by atoms with Crippen LogP contribution < -0.4 is 5.32 Å². The molecule has 2 heterocycles. The van der Waals surface area contributed by atoms with E-state index in [-0.39, 0.29) is 0 Å². The minimum absolute atomic E-state index is 0.328. The summed E-state index contributed by atoms with van der Waals surface area (Å²) in [6, 6.07) is 3.40. The Morgan fingerprint density at radius 1 is 1.53 bits per heavy atom. The number of nitrogens with one attached hydrogen (secondary N) is 1. The third kappa shape index (κ3) is 2.44. The van der Waals surface area contributed by atoms with Crippen molar-refractivity contribution in [2.75, 3.05) is 25.5 Å². The molecule has 1 aromatic rings. The molecule has 0 saturated carbocycles. The van der Waals surface area contributed by atoms with E-state index in [9.17, 15) is 9.18 Å². The molecule has 0 radical (unpaired) electrons. The zero-order valence-electron chi connectivity index (χ0n) is 9.82. The average Bonchev–Trinajstić information content (AvgIpc) is 2.34. The van der Waals surface area contributed by atoms with Crippen LogP contribution >= 0.6 is 0 Å². The zero-order chi connectivity index (χ0) is 12.3. The van der Waals surface area contributed by atoms with Crippen molar-refractivity contribution >= 4 is 12.2 Å². The Morgan fingerprint density at radius 2 is 2.24 bits per heavy atom. The van der Waals surface area contributed by atoms with Gasteiger partial charge in [0.1, 0.15) is 11.5 Å². The highest BCUT2D eigenvalue weighted by Gasteiger charge is 2.37. The monoisotopic (exact) mass is 237 g/mol. The molecule has 0 bridgehead atoms. The number of rotatable bonds is 3. The lowest BCUT2D eigenvalue weighted by Crippen LogP contribution is -2.38. The first-order valence-electron chi connectivity index (χ1n) is 5.69. The highest BCUT2D eigenvalue weighted by Crippen LogP contribution is 2.39. The van der Waals surface area contributed by atoms with E-state index in [1.807, 2.05) is 7.05 Å². The van der Waals surface area contributed by atoms with Crippen LogP contribution in [0, 0.1) is 0 Å². The first kappa shape index (κ1) is 12.0. The maximum atomic E-state index is 14.8. The molecule has 1 amide bonds. The van der Waals surface area contributed by atoms with Crippen LogP contribution in [0.2, 0.25) is 0 Å². The van der Waals surface area contributed by atoms with Gasteiger partial charge < -0.3 is 10.2 Å². The number of alkyl halides is 1. The molecule has 0 aliphatic carbocycles. The fourth-order valence-electron chi connectivity index (χ4n) is 2.18. The highest BCUT2D eigenvalue weighted by atomic mass is 19.1. The Kier molecular flexibility index (Phi) is 3.38. The smallest absolute Gasteiger partial charge is 0.212 e. The second-order valence-electron chi connectivity index (χ2n) is 4.43. The van der Waals surface area contributed by atoms with Crippen LogP contribution in [0.25, 0.3) is 0 Å². The Bertz CT molecular complexity index is 402. The number of piperidine rings is 1. The third-order valence-corrected chi connectivity index (χ3v) is 3.27. The maximum Gasteiger partial charge on any atom is 0.212 e. The summed E-state index contributed by atoms with van der Waals surface area (Å²) in [5, 5.41) is 2.46. The lowest BCUT2D eigenvalue weighted by molar-refractivity contribution is -0.105. The van der Waals surface area contributed by atoms with Gasteiger partial charge in [-0.25, -0.2) is 9.37 Å². The van der Waals surface area contributed by atoms with E-state index in [2.05, 4.69) is 15.2 Å². The van der Waals surface area contributed by atoms with Crippen molar-refractivity contribution in [2.45, 2.75) is 18.5 Å². The van der Waals surface area contributed by atoms with Gasteiger partial charge in [0.15, 0.2) is 0 Å². The van der Waals surface area contributed by atoms with Gasteiger partial charge in [-0.3, -0.25) is 4.79 Å². The van der Waals surface area contributed by atoms with Crippen molar-refractivity contribution in [1.82, 2.24) is 9.88 Å². The van der Waals surface area contributed by atoms with E-state index in [4.69, 9.17) is 0 Å². The molecule has 1 saturated heterocycles. The van der Waals surface area contributed by atoms with Gasteiger partial charge in [-0.05, 0) is 26.0 Å². The molecule has 1 N–H and O–H groups in total. The van der Waals surface area contributed by atoms with E-state index < -0.39 is 5.67 Å². The molecule has 0 aromatic carbocycles. The fourth-order valence-corrected chi connectivity index (χ4v) is 2.18. The molecule has 1 aliphatic rings. The van der Waals surface area contributed by atoms with E-state index >= 15 is 0 Å². The number of hydrogen-bond donors (Lipinski definition) is 1. The average molecular weight is 237 g/mol. The Hall–Kier alpha value is -1.49. The maximum absolute atomic E-state index is 14.8. The van der Waals surface area contributed by atoms with Gasteiger partial charge in [-0.1, -0.05) is 6.07 Å². The molecule has 17 heavy (non-hydrogen) atoms. The van der Waals surface area contributed by atoms with Crippen LogP contribution in [0.3, 0.4) is 0 Å². The van der Waals surface area contributed by atoms with Crippen LogP contribution in [-0.4, -0.2) is 36.4 Å². The van der Waals surface area contributed by atoms with Crippen molar-refractivity contribution in [3.8, 4) is 0 Å².